The Morgan fingerprint density at radius 1 is 0.967 bits per heavy atom. The summed E-state index contributed by atoms with van der Waals surface area (Å²) in [5.41, 5.74) is 4.34. The molecule has 4 aromatic rings. The second kappa shape index (κ2) is 8.63. The van der Waals surface area contributed by atoms with E-state index in [-0.39, 0.29) is 5.56 Å². The van der Waals surface area contributed by atoms with Gasteiger partial charge in [0.2, 0.25) is 4.96 Å². The Morgan fingerprint density at radius 3 is 2.27 bits per heavy atom. The molecule has 0 amide bonds. The van der Waals surface area contributed by atoms with Gasteiger partial charge in [0.05, 0.1) is 4.53 Å². The van der Waals surface area contributed by atoms with Crippen LogP contribution in [0.3, 0.4) is 0 Å². The van der Waals surface area contributed by atoms with Gasteiger partial charge < -0.3 is 4.90 Å². The lowest BCUT2D eigenvalue weighted by Gasteiger charge is -2.20. The monoisotopic (exact) mass is 416 g/mol. The third kappa shape index (κ3) is 4.19. The van der Waals surface area contributed by atoms with Crippen LogP contribution in [0.5, 0.6) is 0 Å². The molecular weight excluding hydrogens is 392 g/mol. The highest BCUT2D eigenvalue weighted by Crippen LogP contribution is 2.15. The summed E-state index contributed by atoms with van der Waals surface area (Å²) in [4.78, 5) is 20.1. The Labute approximate surface area is 179 Å². The lowest BCUT2D eigenvalue weighted by molar-refractivity contribution is 0.866. The number of nitrogens with zero attached hydrogens (tertiary/aromatic N) is 4. The van der Waals surface area contributed by atoms with Gasteiger partial charge in [0.25, 0.3) is 5.56 Å². The van der Waals surface area contributed by atoms with Gasteiger partial charge in [-0.25, -0.2) is 0 Å². The van der Waals surface area contributed by atoms with Gasteiger partial charge in [-0.1, -0.05) is 59.4 Å². The van der Waals surface area contributed by atoms with Gasteiger partial charge in [0.1, 0.15) is 0 Å². The first kappa shape index (κ1) is 20.0. The van der Waals surface area contributed by atoms with Crippen LogP contribution in [0, 0.1) is 6.92 Å². The third-order valence-corrected chi connectivity index (χ3v) is 5.98. The van der Waals surface area contributed by atoms with Crippen molar-refractivity contribution in [2.24, 2.45) is 0 Å². The van der Waals surface area contributed by atoms with E-state index in [2.05, 4.69) is 60.0 Å². The maximum Gasteiger partial charge on any atom is 0.291 e. The Balaban J connectivity index is 1.59. The molecule has 2 heterocycles. The summed E-state index contributed by atoms with van der Waals surface area (Å²) in [6.45, 7) is 8.29. The number of hydrogen-bond acceptors (Lipinski definition) is 5. The van der Waals surface area contributed by atoms with Crippen LogP contribution in [-0.4, -0.2) is 27.7 Å². The number of aromatic nitrogens is 3. The molecule has 152 valence electrons. The number of benzene rings is 2. The zero-order valence-corrected chi connectivity index (χ0v) is 18.2. The summed E-state index contributed by atoms with van der Waals surface area (Å²) >= 11 is 1.36. The topological polar surface area (TPSA) is 50.5 Å². The van der Waals surface area contributed by atoms with E-state index in [1.807, 2.05) is 42.5 Å². The second-order valence-electron chi connectivity index (χ2n) is 7.09. The molecule has 6 heteroatoms. The fourth-order valence-electron chi connectivity index (χ4n) is 3.29. The first-order chi connectivity index (χ1) is 14.6. The molecule has 0 radical (unpaired) electrons. The summed E-state index contributed by atoms with van der Waals surface area (Å²) in [5, 5.41) is 4.36. The average molecular weight is 417 g/mol. The quantitative estimate of drug-likeness (QED) is 0.476. The van der Waals surface area contributed by atoms with Crippen LogP contribution in [-0.2, 0) is 0 Å². The molecule has 0 atom stereocenters. The summed E-state index contributed by atoms with van der Waals surface area (Å²) in [7, 11) is 0. The van der Waals surface area contributed by atoms with Crippen molar-refractivity contribution in [3.05, 3.63) is 85.9 Å². The second-order valence-corrected chi connectivity index (χ2v) is 8.10. The van der Waals surface area contributed by atoms with Crippen LogP contribution in [0.4, 0.5) is 5.69 Å². The minimum atomic E-state index is -0.134. The van der Waals surface area contributed by atoms with E-state index in [1.54, 1.807) is 0 Å². The molecule has 0 spiro atoms. The fraction of sp³-hybridized carbons (Fsp3) is 0.208. The highest BCUT2D eigenvalue weighted by Gasteiger charge is 2.09. The van der Waals surface area contributed by atoms with Crippen molar-refractivity contribution in [3.8, 4) is 0 Å². The minimum absolute atomic E-state index is 0.134. The Morgan fingerprint density at radius 2 is 1.63 bits per heavy atom. The summed E-state index contributed by atoms with van der Waals surface area (Å²) in [6, 6.07) is 16.5. The maximum absolute atomic E-state index is 12.7. The molecule has 0 saturated carbocycles. The molecule has 0 N–H and O–H groups in total. The van der Waals surface area contributed by atoms with Crippen LogP contribution in [0.15, 0.2) is 53.3 Å². The molecule has 2 aromatic carbocycles. The number of fused-ring (bicyclic) bond motifs is 1. The predicted octanol–water partition coefficient (Wildman–Crippen LogP) is 4.02. The van der Waals surface area contributed by atoms with Crippen LogP contribution in [0.2, 0.25) is 0 Å². The maximum atomic E-state index is 12.7. The van der Waals surface area contributed by atoms with Crippen molar-refractivity contribution in [1.82, 2.24) is 14.6 Å². The van der Waals surface area contributed by atoms with Gasteiger partial charge in [0.15, 0.2) is 5.82 Å². The van der Waals surface area contributed by atoms with E-state index in [1.165, 1.54) is 27.1 Å². The van der Waals surface area contributed by atoms with Crippen molar-refractivity contribution < 1.29 is 0 Å². The van der Waals surface area contributed by atoms with Crippen LogP contribution < -0.4 is 15.0 Å². The molecule has 0 aliphatic rings. The lowest BCUT2D eigenvalue weighted by Crippen LogP contribution is -2.23. The molecule has 30 heavy (non-hydrogen) atoms. The van der Waals surface area contributed by atoms with Crippen molar-refractivity contribution in [2.45, 2.75) is 20.8 Å². The Bertz CT molecular complexity index is 1280. The highest BCUT2D eigenvalue weighted by atomic mass is 32.1. The van der Waals surface area contributed by atoms with E-state index in [4.69, 9.17) is 0 Å². The van der Waals surface area contributed by atoms with Crippen molar-refractivity contribution in [3.63, 3.8) is 0 Å². The molecule has 0 fully saturated rings. The van der Waals surface area contributed by atoms with E-state index >= 15 is 0 Å². The predicted molar refractivity (Wildman–Crippen MR) is 126 cm³/mol. The fourth-order valence-corrected chi connectivity index (χ4v) is 4.20. The molecule has 4 rings (SSSR count). The zero-order chi connectivity index (χ0) is 21.1. The molecule has 5 nitrogen and oxygen atoms in total. The van der Waals surface area contributed by atoms with Gasteiger partial charge in [-0.2, -0.15) is 9.50 Å². The molecule has 2 aromatic heterocycles. The molecule has 0 saturated heterocycles. The zero-order valence-electron chi connectivity index (χ0n) is 17.4. The van der Waals surface area contributed by atoms with Gasteiger partial charge >= 0.3 is 0 Å². The average Bonchev–Trinajstić information content (AvgIpc) is 3.28. The summed E-state index contributed by atoms with van der Waals surface area (Å²) < 4.78 is 2.02. The SMILES string of the molecule is CCN(CC)c1ccc(/C=c2\sc3nc(/C=C/c4ccc(C)cc4)nn3c2=O)cc1. The molecule has 0 unspecified atom stereocenters. The number of thiazole rings is 1. The minimum Gasteiger partial charge on any atom is -0.372 e. The van der Waals surface area contributed by atoms with Gasteiger partial charge in [0, 0.05) is 18.8 Å². The first-order valence-corrected chi connectivity index (χ1v) is 10.9. The summed E-state index contributed by atoms with van der Waals surface area (Å²) in [5.74, 6) is 0.536. The van der Waals surface area contributed by atoms with Gasteiger partial charge in [-0.3, -0.25) is 4.79 Å². The van der Waals surface area contributed by atoms with Crippen molar-refractivity contribution >= 4 is 40.2 Å². The largest absolute Gasteiger partial charge is 0.372 e. The molecule has 0 aliphatic heterocycles. The van der Waals surface area contributed by atoms with Crippen LogP contribution in [0.1, 0.15) is 36.4 Å². The number of hydrogen-bond donors (Lipinski definition) is 0. The number of aryl methyl sites for hydroxylation is 1. The lowest BCUT2D eigenvalue weighted by atomic mass is 10.1. The third-order valence-electron chi connectivity index (χ3n) is 5.02. The standard InChI is InChI=1S/C24H24N4OS/c1-4-27(5-2)20-13-10-19(11-14-20)16-21-23(29)28-24(30-21)25-22(26-28)15-12-18-8-6-17(3)7-9-18/h6-16H,4-5H2,1-3H3/b15-12+,21-16-. The van der Waals surface area contributed by atoms with E-state index in [0.29, 0.717) is 15.3 Å². The smallest absolute Gasteiger partial charge is 0.291 e. The molecule has 0 bridgehead atoms. The van der Waals surface area contributed by atoms with Crippen LogP contribution >= 0.6 is 11.3 Å². The van der Waals surface area contributed by atoms with Crippen LogP contribution in [0.25, 0.3) is 23.2 Å². The summed E-state index contributed by atoms with van der Waals surface area (Å²) in [6.07, 6.45) is 5.68. The number of anilines is 1. The number of rotatable bonds is 6. The first-order valence-electron chi connectivity index (χ1n) is 10.1. The normalized spacial score (nSPS) is 12.3. The molecular formula is C24H24N4OS. The van der Waals surface area contributed by atoms with E-state index in [0.717, 1.165) is 24.2 Å². The van der Waals surface area contributed by atoms with Crippen molar-refractivity contribution in [2.75, 3.05) is 18.0 Å². The molecule has 0 aliphatic carbocycles. The Kier molecular flexibility index (Phi) is 5.77. The van der Waals surface area contributed by atoms with Gasteiger partial charge in [-0.05, 0) is 56.2 Å². The van der Waals surface area contributed by atoms with E-state index < -0.39 is 0 Å². The highest BCUT2D eigenvalue weighted by molar-refractivity contribution is 7.15. The van der Waals surface area contributed by atoms with E-state index in [9.17, 15) is 4.79 Å². The Hall–Kier alpha value is -3.25. The van der Waals surface area contributed by atoms with Crippen molar-refractivity contribution in [1.29, 1.82) is 0 Å². The van der Waals surface area contributed by atoms with Gasteiger partial charge in [-0.15, -0.1) is 5.10 Å².